The summed E-state index contributed by atoms with van der Waals surface area (Å²) < 4.78 is 12.9. The van der Waals surface area contributed by atoms with Gasteiger partial charge >= 0.3 is 0 Å². The summed E-state index contributed by atoms with van der Waals surface area (Å²) >= 11 is 1.54. The van der Waals surface area contributed by atoms with Crippen molar-refractivity contribution in [2.24, 2.45) is 5.92 Å². The molecule has 2 N–H and O–H groups in total. The van der Waals surface area contributed by atoms with Crippen LogP contribution in [0.4, 0.5) is 4.39 Å². The van der Waals surface area contributed by atoms with Gasteiger partial charge in [-0.15, -0.1) is 11.3 Å². The molecule has 0 aliphatic carbocycles. The lowest BCUT2D eigenvalue weighted by Gasteiger charge is -2.17. The van der Waals surface area contributed by atoms with Crippen LogP contribution in [0.2, 0.25) is 0 Å². The minimum absolute atomic E-state index is 0.240. The number of aliphatic hydroxyl groups is 1. The molecule has 0 saturated carbocycles. The van der Waals surface area contributed by atoms with Crippen molar-refractivity contribution in [3.05, 3.63) is 41.2 Å². The van der Waals surface area contributed by atoms with Crippen LogP contribution in [-0.2, 0) is 6.54 Å². The van der Waals surface area contributed by atoms with Crippen molar-refractivity contribution in [2.45, 2.75) is 32.9 Å². The van der Waals surface area contributed by atoms with Gasteiger partial charge in [-0.05, 0) is 30.2 Å². The Morgan fingerprint density at radius 3 is 2.71 bits per heavy atom. The molecule has 0 bridgehead atoms. The number of thiazole rings is 1. The SMILES string of the molecule is CCC(C)C(O)CNCc1csc(-c2ccc(F)cc2)n1. The van der Waals surface area contributed by atoms with Crippen molar-refractivity contribution in [2.75, 3.05) is 6.54 Å². The Kier molecular flexibility index (Phi) is 5.85. The van der Waals surface area contributed by atoms with E-state index in [9.17, 15) is 9.50 Å². The summed E-state index contributed by atoms with van der Waals surface area (Å²) in [5.41, 5.74) is 1.86. The average molecular weight is 308 g/mol. The Morgan fingerprint density at radius 2 is 2.05 bits per heavy atom. The van der Waals surface area contributed by atoms with Gasteiger partial charge in [0.2, 0.25) is 0 Å². The van der Waals surface area contributed by atoms with E-state index in [1.165, 1.54) is 12.1 Å². The molecule has 1 aromatic carbocycles. The van der Waals surface area contributed by atoms with Crippen molar-refractivity contribution in [3.63, 3.8) is 0 Å². The topological polar surface area (TPSA) is 45.1 Å². The molecule has 2 rings (SSSR count). The lowest BCUT2D eigenvalue weighted by atomic mass is 10.0. The zero-order valence-electron chi connectivity index (χ0n) is 12.3. The minimum atomic E-state index is -0.329. The summed E-state index contributed by atoms with van der Waals surface area (Å²) in [7, 11) is 0. The molecule has 2 aromatic rings. The van der Waals surface area contributed by atoms with Gasteiger partial charge in [0.05, 0.1) is 11.8 Å². The van der Waals surface area contributed by atoms with Crippen molar-refractivity contribution in [3.8, 4) is 10.6 Å². The van der Waals surface area contributed by atoms with Gasteiger partial charge in [-0.1, -0.05) is 20.3 Å². The van der Waals surface area contributed by atoms with Crippen molar-refractivity contribution < 1.29 is 9.50 Å². The van der Waals surface area contributed by atoms with E-state index in [2.05, 4.69) is 17.2 Å². The lowest BCUT2D eigenvalue weighted by Crippen LogP contribution is -2.31. The summed E-state index contributed by atoms with van der Waals surface area (Å²) in [5, 5.41) is 16.0. The Hall–Kier alpha value is -1.30. The Labute approximate surface area is 128 Å². The number of hydrogen-bond acceptors (Lipinski definition) is 4. The van der Waals surface area contributed by atoms with E-state index in [1.54, 1.807) is 23.5 Å². The van der Waals surface area contributed by atoms with E-state index in [-0.39, 0.29) is 11.9 Å². The van der Waals surface area contributed by atoms with Gasteiger partial charge < -0.3 is 10.4 Å². The number of rotatable bonds is 7. The molecule has 0 amide bonds. The van der Waals surface area contributed by atoms with Crippen LogP contribution in [-0.4, -0.2) is 22.7 Å². The van der Waals surface area contributed by atoms with Crippen LogP contribution in [0.5, 0.6) is 0 Å². The molecule has 5 heteroatoms. The molecule has 21 heavy (non-hydrogen) atoms. The van der Waals surface area contributed by atoms with Crippen LogP contribution in [0, 0.1) is 11.7 Å². The molecule has 0 spiro atoms. The fraction of sp³-hybridized carbons (Fsp3) is 0.438. The molecule has 1 heterocycles. The van der Waals surface area contributed by atoms with Gasteiger partial charge in [-0.2, -0.15) is 0 Å². The van der Waals surface area contributed by atoms with Crippen molar-refractivity contribution in [1.29, 1.82) is 0 Å². The van der Waals surface area contributed by atoms with Crippen LogP contribution in [0.25, 0.3) is 10.6 Å². The normalized spacial score (nSPS) is 14.1. The smallest absolute Gasteiger partial charge is 0.123 e. The first-order valence-electron chi connectivity index (χ1n) is 7.19. The van der Waals surface area contributed by atoms with Crippen LogP contribution in [0.15, 0.2) is 29.6 Å². The van der Waals surface area contributed by atoms with E-state index in [4.69, 9.17) is 0 Å². The van der Waals surface area contributed by atoms with E-state index in [0.29, 0.717) is 19.0 Å². The maximum absolute atomic E-state index is 12.9. The number of aliphatic hydroxyl groups excluding tert-OH is 1. The second kappa shape index (κ2) is 7.64. The maximum Gasteiger partial charge on any atom is 0.123 e. The largest absolute Gasteiger partial charge is 0.392 e. The van der Waals surface area contributed by atoms with Gasteiger partial charge in [0.1, 0.15) is 10.8 Å². The fourth-order valence-corrected chi connectivity index (χ4v) is 2.76. The monoisotopic (exact) mass is 308 g/mol. The predicted molar refractivity (Wildman–Crippen MR) is 84.7 cm³/mol. The van der Waals surface area contributed by atoms with Crippen LogP contribution in [0.1, 0.15) is 26.0 Å². The maximum atomic E-state index is 12.9. The summed E-state index contributed by atoms with van der Waals surface area (Å²) in [5.74, 6) is 0.0546. The highest BCUT2D eigenvalue weighted by Crippen LogP contribution is 2.23. The number of nitrogens with zero attached hydrogens (tertiary/aromatic N) is 1. The second-order valence-corrected chi connectivity index (χ2v) is 6.09. The Bertz CT molecular complexity index is 556. The average Bonchev–Trinajstić information content (AvgIpc) is 2.95. The number of aromatic nitrogens is 1. The summed E-state index contributed by atoms with van der Waals surface area (Å²) in [4.78, 5) is 4.52. The third-order valence-electron chi connectivity index (χ3n) is 3.60. The molecule has 0 fully saturated rings. The molecular formula is C16H21FN2OS. The van der Waals surface area contributed by atoms with E-state index < -0.39 is 0 Å². The van der Waals surface area contributed by atoms with Gasteiger partial charge in [-0.3, -0.25) is 0 Å². The highest BCUT2D eigenvalue weighted by atomic mass is 32.1. The van der Waals surface area contributed by atoms with Crippen LogP contribution >= 0.6 is 11.3 Å². The van der Waals surface area contributed by atoms with E-state index in [0.717, 1.165) is 22.7 Å². The predicted octanol–water partition coefficient (Wildman–Crippen LogP) is 3.45. The van der Waals surface area contributed by atoms with Gasteiger partial charge in [0.15, 0.2) is 0 Å². The summed E-state index contributed by atoms with van der Waals surface area (Å²) in [6, 6.07) is 6.35. The number of halogens is 1. The number of hydrogen-bond donors (Lipinski definition) is 2. The molecule has 0 aliphatic heterocycles. The molecule has 0 saturated heterocycles. The first-order chi connectivity index (χ1) is 10.1. The molecule has 2 unspecified atom stereocenters. The minimum Gasteiger partial charge on any atom is -0.392 e. The van der Waals surface area contributed by atoms with Crippen LogP contribution in [0.3, 0.4) is 0 Å². The van der Waals surface area contributed by atoms with Crippen molar-refractivity contribution in [1.82, 2.24) is 10.3 Å². The summed E-state index contributed by atoms with van der Waals surface area (Å²) in [6.45, 7) is 5.31. The van der Waals surface area contributed by atoms with Gasteiger partial charge in [0.25, 0.3) is 0 Å². The second-order valence-electron chi connectivity index (χ2n) is 5.23. The first-order valence-corrected chi connectivity index (χ1v) is 8.07. The molecule has 1 aromatic heterocycles. The van der Waals surface area contributed by atoms with Gasteiger partial charge in [-0.25, -0.2) is 9.37 Å². The first kappa shape index (κ1) is 16.1. The fourth-order valence-electron chi connectivity index (χ4n) is 1.93. The van der Waals surface area contributed by atoms with Crippen LogP contribution < -0.4 is 5.32 Å². The number of benzene rings is 1. The van der Waals surface area contributed by atoms with E-state index >= 15 is 0 Å². The molecule has 114 valence electrons. The zero-order chi connectivity index (χ0) is 15.2. The molecular weight excluding hydrogens is 287 g/mol. The molecule has 2 atom stereocenters. The third-order valence-corrected chi connectivity index (χ3v) is 4.54. The molecule has 0 aliphatic rings. The van der Waals surface area contributed by atoms with Gasteiger partial charge in [0, 0.05) is 24.0 Å². The third kappa shape index (κ3) is 4.59. The Balaban J connectivity index is 1.87. The van der Waals surface area contributed by atoms with Crippen molar-refractivity contribution >= 4 is 11.3 Å². The highest BCUT2D eigenvalue weighted by molar-refractivity contribution is 7.13. The molecule has 0 radical (unpaired) electrons. The highest BCUT2D eigenvalue weighted by Gasteiger charge is 2.12. The summed E-state index contributed by atoms with van der Waals surface area (Å²) in [6.07, 6.45) is 0.638. The van der Waals surface area contributed by atoms with E-state index in [1.807, 2.05) is 12.3 Å². The lowest BCUT2D eigenvalue weighted by molar-refractivity contribution is 0.112. The standard InChI is InChI=1S/C16H21FN2OS/c1-3-11(2)15(20)9-18-8-14-10-21-16(19-14)12-4-6-13(17)7-5-12/h4-7,10-11,15,18,20H,3,8-9H2,1-2H3. The number of nitrogens with one attached hydrogen (secondary N) is 1. The Morgan fingerprint density at radius 1 is 1.33 bits per heavy atom. The molecule has 3 nitrogen and oxygen atoms in total. The zero-order valence-corrected chi connectivity index (χ0v) is 13.2. The quantitative estimate of drug-likeness (QED) is 0.823.